The van der Waals surface area contributed by atoms with Crippen molar-refractivity contribution in [2.75, 3.05) is 7.11 Å². The second-order valence-electron chi connectivity index (χ2n) is 4.48. The standard InChI is InChI=1S/C18H15OS/c1-19-16-10-6-14(7-11-16)8-12-17-13-9-15-4-2-3-5-18(15)20-17/h2-13H,1H3/q+1/b12-8+. The van der Waals surface area contributed by atoms with Gasteiger partial charge in [-0.1, -0.05) is 24.3 Å². The Kier molecular flexibility index (Phi) is 3.75. The highest BCUT2D eigenvalue weighted by Crippen LogP contribution is 2.23. The number of ether oxygens (including phenoxy) is 1. The first kappa shape index (κ1) is 12.8. The Labute approximate surface area is 122 Å². The van der Waals surface area contributed by atoms with E-state index in [1.807, 2.05) is 12.1 Å². The first-order valence-electron chi connectivity index (χ1n) is 6.49. The molecule has 1 nitrogen and oxygen atoms in total. The molecule has 0 aliphatic heterocycles. The van der Waals surface area contributed by atoms with Gasteiger partial charge in [-0.05, 0) is 35.9 Å². The van der Waals surface area contributed by atoms with E-state index in [-0.39, 0.29) is 0 Å². The molecule has 0 atom stereocenters. The van der Waals surface area contributed by atoms with Crippen molar-refractivity contribution < 1.29 is 4.74 Å². The molecule has 0 fully saturated rings. The van der Waals surface area contributed by atoms with Gasteiger partial charge in [0.25, 0.3) is 0 Å². The predicted molar refractivity (Wildman–Crippen MR) is 88.2 cm³/mol. The summed E-state index contributed by atoms with van der Waals surface area (Å²) in [6.07, 6.45) is 4.28. The van der Waals surface area contributed by atoms with Gasteiger partial charge in [-0.15, -0.1) is 0 Å². The predicted octanol–water partition coefficient (Wildman–Crippen LogP) is 5.36. The number of methoxy groups -OCH3 is 1. The number of fused-ring (bicyclic) bond motifs is 1. The van der Waals surface area contributed by atoms with Crippen molar-refractivity contribution >= 4 is 33.6 Å². The van der Waals surface area contributed by atoms with Gasteiger partial charge < -0.3 is 4.74 Å². The number of rotatable bonds is 3. The average molecular weight is 279 g/mol. The molecule has 2 heteroatoms. The van der Waals surface area contributed by atoms with Gasteiger partial charge >= 0.3 is 0 Å². The molecule has 0 unspecified atom stereocenters. The third-order valence-corrected chi connectivity index (χ3v) is 4.23. The van der Waals surface area contributed by atoms with Crippen LogP contribution in [0.15, 0.2) is 60.7 Å². The van der Waals surface area contributed by atoms with Gasteiger partial charge in [0.15, 0.2) is 0 Å². The molecule has 0 amide bonds. The van der Waals surface area contributed by atoms with E-state index in [0.29, 0.717) is 0 Å². The Bertz CT molecular complexity index is 745. The lowest BCUT2D eigenvalue weighted by atomic mass is 10.2. The van der Waals surface area contributed by atoms with Crippen LogP contribution in [0, 0.1) is 0 Å². The summed E-state index contributed by atoms with van der Waals surface area (Å²) in [7, 11) is 1.68. The number of benzene rings is 2. The highest BCUT2D eigenvalue weighted by molar-refractivity contribution is 7.19. The van der Waals surface area contributed by atoms with Crippen LogP contribution in [-0.4, -0.2) is 7.11 Å². The van der Waals surface area contributed by atoms with E-state index in [2.05, 4.69) is 60.7 Å². The summed E-state index contributed by atoms with van der Waals surface area (Å²) in [6.45, 7) is 0. The highest BCUT2D eigenvalue weighted by atomic mass is 32.1. The highest BCUT2D eigenvalue weighted by Gasteiger charge is 2.07. The van der Waals surface area contributed by atoms with Crippen molar-refractivity contribution in [2.24, 2.45) is 0 Å². The fraction of sp³-hybridized carbons (Fsp3) is 0.0556. The van der Waals surface area contributed by atoms with Gasteiger partial charge in [0.2, 0.25) is 20.9 Å². The largest absolute Gasteiger partial charge is 0.497 e. The summed E-state index contributed by atoms with van der Waals surface area (Å²) in [6, 6.07) is 20.8. The van der Waals surface area contributed by atoms with Crippen LogP contribution in [0.5, 0.6) is 5.75 Å². The van der Waals surface area contributed by atoms with Gasteiger partial charge in [-0.3, -0.25) is 0 Å². The lowest BCUT2D eigenvalue weighted by Crippen LogP contribution is -1.81. The van der Waals surface area contributed by atoms with Crippen LogP contribution in [0.25, 0.3) is 22.2 Å². The average Bonchev–Trinajstić information content (AvgIpc) is 2.53. The molecule has 1 aromatic heterocycles. The molecule has 0 aliphatic rings. The molecular formula is C18H15OS+. The van der Waals surface area contributed by atoms with E-state index < -0.39 is 0 Å². The van der Waals surface area contributed by atoms with E-state index in [1.165, 1.54) is 20.5 Å². The van der Waals surface area contributed by atoms with Gasteiger partial charge in [0.05, 0.1) is 7.11 Å². The van der Waals surface area contributed by atoms with Gasteiger partial charge in [-0.25, -0.2) is 0 Å². The van der Waals surface area contributed by atoms with Crippen LogP contribution in [0.4, 0.5) is 0 Å². The van der Waals surface area contributed by atoms with E-state index in [0.717, 1.165) is 5.75 Å². The van der Waals surface area contributed by atoms with Crippen molar-refractivity contribution in [2.45, 2.75) is 0 Å². The quantitative estimate of drug-likeness (QED) is 0.586. The SMILES string of the molecule is COc1ccc(/C=C/c2ccc3ccccc3[s+]2)cc1. The van der Waals surface area contributed by atoms with Gasteiger partial charge in [-0.2, -0.15) is 0 Å². The molecule has 0 aliphatic carbocycles. The maximum atomic E-state index is 5.16. The molecule has 2 aromatic carbocycles. The molecule has 0 saturated carbocycles. The normalized spacial score (nSPS) is 11.1. The van der Waals surface area contributed by atoms with Gasteiger partial charge in [0, 0.05) is 23.6 Å². The maximum absolute atomic E-state index is 5.16. The molecule has 0 radical (unpaired) electrons. The molecular weight excluding hydrogens is 264 g/mol. The summed E-state index contributed by atoms with van der Waals surface area (Å²) in [5, 5.41) is 1.29. The van der Waals surface area contributed by atoms with Crippen molar-refractivity contribution in [3.63, 3.8) is 0 Å². The van der Waals surface area contributed by atoms with Crippen LogP contribution in [0.2, 0.25) is 0 Å². The Morgan fingerprint density at radius 2 is 1.65 bits per heavy atom. The zero-order valence-electron chi connectivity index (χ0n) is 11.2. The van der Waals surface area contributed by atoms with Crippen LogP contribution in [-0.2, 0) is 0 Å². The Morgan fingerprint density at radius 1 is 0.850 bits per heavy atom. The minimum absolute atomic E-state index is 0.885. The second kappa shape index (κ2) is 5.85. The van der Waals surface area contributed by atoms with Crippen molar-refractivity contribution in [3.05, 3.63) is 71.1 Å². The zero-order chi connectivity index (χ0) is 13.8. The molecule has 0 spiro atoms. The van der Waals surface area contributed by atoms with Crippen molar-refractivity contribution in [1.82, 2.24) is 0 Å². The first-order chi connectivity index (χ1) is 9.85. The van der Waals surface area contributed by atoms with Crippen molar-refractivity contribution in [3.8, 4) is 5.75 Å². The topological polar surface area (TPSA) is 9.23 Å². The van der Waals surface area contributed by atoms with E-state index in [9.17, 15) is 0 Å². The fourth-order valence-electron chi connectivity index (χ4n) is 2.03. The first-order valence-corrected chi connectivity index (χ1v) is 7.31. The molecule has 0 bridgehead atoms. The fourth-order valence-corrected chi connectivity index (χ4v) is 2.95. The van der Waals surface area contributed by atoms with Crippen LogP contribution in [0.1, 0.15) is 10.4 Å². The number of hydrogen-bond donors (Lipinski definition) is 0. The van der Waals surface area contributed by atoms with Crippen molar-refractivity contribution in [1.29, 1.82) is 0 Å². The molecule has 0 saturated heterocycles. The summed E-state index contributed by atoms with van der Waals surface area (Å²) >= 11 is 1.80. The third-order valence-electron chi connectivity index (χ3n) is 3.13. The number of hydrogen-bond acceptors (Lipinski definition) is 1. The lowest BCUT2D eigenvalue weighted by Gasteiger charge is -1.98. The molecule has 0 N–H and O–H groups in total. The molecule has 3 rings (SSSR count). The second-order valence-corrected chi connectivity index (χ2v) is 5.60. The summed E-state index contributed by atoms with van der Waals surface area (Å²) in [4.78, 5) is 1.25. The van der Waals surface area contributed by atoms with E-state index >= 15 is 0 Å². The lowest BCUT2D eigenvalue weighted by molar-refractivity contribution is 0.415. The molecule has 20 heavy (non-hydrogen) atoms. The van der Waals surface area contributed by atoms with E-state index in [1.54, 1.807) is 18.4 Å². The summed E-state index contributed by atoms with van der Waals surface area (Å²) in [5.41, 5.74) is 1.17. The monoisotopic (exact) mass is 279 g/mol. The van der Waals surface area contributed by atoms with Crippen LogP contribution < -0.4 is 4.74 Å². The Morgan fingerprint density at radius 3 is 2.45 bits per heavy atom. The summed E-state index contributed by atoms with van der Waals surface area (Å²) in [5.74, 6) is 0.885. The minimum atomic E-state index is 0.885. The van der Waals surface area contributed by atoms with Crippen LogP contribution >= 0.6 is 11.3 Å². The van der Waals surface area contributed by atoms with Gasteiger partial charge in [0.1, 0.15) is 5.75 Å². The minimum Gasteiger partial charge on any atom is -0.497 e. The van der Waals surface area contributed by atoms with E-state index in [4.69, 9.17) is 4.74 Å². The third kappa shape index (κ3) is 2.86. The Balaban J connectivity index is 1.85. The Hall–Kier alpha value is -2.19. The summed E-state index contributed by atoms with van der Waals surface area (Å²) < 4.78 is 6.47. The zero-order valence-corrected chi connectivity index (χ0v) is 12.1. The molecule has 1 heterocycles. The maximum Gasteiger partial charge on any atom is 0.238 e. The van der Waals surface area contributed by atoms with Crippen LogP contribution in [0.3, 0.4) is 0 Å². The molecule has 98 valence electrons. The molecule has 3 aromatic rings. The smallest absolute Gasteiger partial charge is 0.238 e.